The molecule has 3 aliphatic carbocycles. The number of nitrogens with zero attached hydrogens (tertiary/aromatic N) is 1. The first-order valence-electron chi connectivity index (χ1n) is 11.3. The third-order valence-electron chi connectivity index (χ3n) is 7.92. The fourth-order valence-corrected chi connectivity index (χ4v) is 6.60. The van der Waals surface area contributed by atoms with Crippen LogP contribution < -0.4 is 4.74 Å². The number of phenolic OH excluding ortho intramolecular Hbond substituents is 1. The zero-order valence-electron chi connectivity index (χ0n) is 17.7. The number of rotatable bonds is 2. The van der Waals surface area contributed by atoms with Gasteiger partial charge in [0.05, 0.1) is 29.6 Å². The fourth-order valence-electron chi connectivity index (χ4n) is 6.60. The lowest BCUT2D eigenvalue weighted by atomic mass is 9.48. The molecule has 2 heterocycles. The molecule has 2 saturated carbocycles. The van der Waals surface area contributed by atoms with Gasteiger partial charge in [0.2, 0.25) is 0 Å². The second-order valence-electron chi connectivity index (χ2n) is 9.16. The minimum Gasteiger partial charge on any atom is -0.504 e. The number of ketones is 1. The van der Waals surface area contributed by atoms with Gasteiger partial charge in [-0.25, -0.2) is 0 Å². The predicted octanol–water partition coefficient (Wildman–Crippen LogP) is 1.67. The lowest BCUT2D eigenvalue weighted by Gasteiger charge is -2.64. The summed E-state index contributed by atoms with van der Waals surface area (Å²) in [7, 11) is 0. The van der Waals surface area contributed by atoms with Crippen molar-refractivity contribution in [3.63, 3.8) is 0 Å². The van der Waals surface area contributed by atoms with Crippen LogP contribution in [0.25, 0.3) is 0 Å². The quantitative estimate of drug-likeness (QED) is 0.789. The number of hydrogen-bond acceptors (Lipinski definition) is 4. The van der Waals surface area contributed by atoms with E-state index in [1.165, 1.54) is 0 Å². The van der Waals surface area contributed by atoms with E-state index in [1.54, 1.807) is 6.07 Å². The molecule has 2 N–H and O–H groups in total. The minimum atomic E-state index is -2.24. The molecular weight excluding hydrogens is 330 g/mol. The zero-order chi connectivity index (χ0) is 20.4. The largest absolute Gasteiger partial charge is 0.504 e. The van der Waals surface area contributed by atoms with Gasteiger partial charge in [0.15, 0.2) is 23.4 Å². The van der Waals surface area contributed by atoms with Gasteiger partial charge < -0.3 is 19.4 Å². The van der Waals surface area contributed by atoms with E-state index in [4.69, 9.17) is 8.85 Å². The summed E-state index contributed by atoms with van der Waals surface area (Å²) in [5.74, 6) is 0.635. The summed E-state index contributed by atoms with van der Waals surface area (Å²) in [5.41, 5.74) is -0.624. The molecule has 0 aromatic heterocycles. The van der Waals surface area contributed by atoms with Gasteiger partial charge >= 0.3 is 0 Å². The Hall–Kier alpha value is -1.59. The molecule has 2 bridgehead atoms. The van der Waals surface area contributed by atoms with Crippen molar-refractivity contribution in [1.29, 1.82) is 0 Å². The maximum absolute atomic E-state index is 12.9. The third-order valence-corrected chi connectivity index (χ3v) is 7.92. The summed E-state index contributed by atoms with van der Waals surface area (Å²) in [5, 5.41) is 22.7. The van der Waals surface area contributed by atoms with Gasteiger partial charge in [-0.15, -0.1) is 0 Å². The summed E-state index contributed by atoms with van der Waals surface area (Å²) in [6, 6.07) is 2.88. The van der Waals surface area contributed by atoms with Crippen molar-refractivity contribution in [3.8, 4) is 11.5 Å². The van der Waals surface area contributed by atoms with E-state index >= 15 is 0 Å². The van der Waals surface area contributed by atoms with Crippen molar-refractivity contribution in [2.45, 2.75) is 61.7 Å². The van der Waals surface area contributed by atoms with Crippen LogP contribution in [-0.2, 0) is 16.6 Å². The topological polar surface area (TPSA) is 66.8 Å². The molecule has 1 aromatic carbocycles. The van der Waals surface area contributed by atoms with Crippen molar-refractivity contribution >= 4 is 5.78 Å². The number of carbonyl (C=O) groups is 1. The molecule has 5 atom stereocenters. The average Bonchev–Trinajstić information content (AvgIpc) is 3.38. The number of likely N-dealkylation sites (tertiary alicyclic amines) is 1. The molecule has 3 fully saturated rings. The minimum absolute atomic E-state index is 0.0127. The molecule has 0 radical (unpaired) electrons. The molecule has 26 heavy (non-hydrogen) atoms. The lowest BCUT2D eigenvalue weighted by Crippen LogP contribution is -2.80. The maximum atomic E-state index is 12.9. The van der Waals surface area contributed by atoms with Gasteiger partial charge in [-0.3, -0.25) is 4.79 Å². The van der Waals surface area contributed by atoms with Gasteiger partial charge in [0.25, 0.3) is 0 Å². The van der Waals surface area contributed by atoms with Gasteiger partial charge in [0.1, 0.15) is 11.6 Å². The molecule has 1 saturated heterocycles. The smallest absolute Gasteiger partial charge is 0.174 e. The van der Waals surface area contributed by atoms with Crippen LogP contribution >= 0.6 is 0 Å². The van der Waals surface area contributed by atoms with E-state index in [9.17, 15) is 15.0 Å². The van der Waals surface area contributed by atoms with Crippen LogP contribution in [0, 0.1) is 5.92 Å². The SMILES string of the molecule is [2H]C([2H])([2H])[N@@+]1(CC2CC2)CC[C@]23c4c5ccc(O)c4O[C@H]2C(=O)CC[C@@]3(O)[C@H]1C5. The molecule has 5 heteroatoms. The molecule has 138 valence electrons. The number of Topliss-reactive ketones (excluding diaryl/α,β-unsaturated/α-hetero) is 1. The van der Waals surface area contributed by atoms with Crippen LogP contribution in [0.15, 0.2) is 12.1 Å². The highest BCUT2D eigenvalue weighted by Gasteiger charge is 2.76. The van der Waals surface area contributed by atoms with Gasteiger partial charge in [-0.05, 0) is 30.9 Å². The Morgan fingerprint density at radius 1 is 1.38 bits per heavy atom. The van der Waals surface area contributed by atoms with Crippen molar-refractivity contribution < 1.29 is 28.3 Å². The molecule has 0 amide bonds. The third kappa shape index (κ3) is 1.55. The van der Waals surface area contributed by atoms with Crippen LogP contribution in [0.4, 0.5) is 0 Å². The van der Waals surface area contributed by atoms with Crippen molar-refractivity contribution in [3.05, 3.63) is 23.3 Å². The molecule has 5 aliphatic rings. The van der Waals surface area contributed by atoms with Crippen molar-refractivity contribution in [2.24, 2.45) is 5.92 Å². The Kier molecular flexibility index (Phi) is 2.18. The number of likely N-dealkylation sites (N-methyl/N-ethyl adjacent to an activating group) is 1. The van der Waals surface area contributed by atoms with Crippen molar-refractivity contribution in [1.82, 2.24) is 0 Å². The number of carbonyl (C=O) groups excluding carboxylic acids is 1. The zero-order valence-corrected chi connectivity index (χ0v) is 14.7. The van der Waals surface area contributed by atoms with Crippen LogP contribution in [0.3, 0.4) is 0 Å². The Morgan fingerprint density at radius 3 is 3.00 bits per heavy atom. The van der Waals surface area contributed by atoms with E-state index in [2.05, 4.69) is 0 Å². The summed E-state index contributed by atoms with van der Waals surface area (Å²) >= 11 is 0. The highest BCUT2D eigenvalue weighted by molar-refractivity contribution is 5.90. The number of benzene rings is 1. The van der Waals surface area contributed by atoms with Crippen LogP contribution in [0.1, 0.15) is 47.3 Å². The monoisotopic (exact) mass is 359 g/mol. The first-order valence-corrected chi connectivity index (χ1v) is 9.78. The molecule has 6 rings (SSSR count). The second-order valence-corrected chi connectivity index (χ2v) is 9.16. The standard InChI is InChI=1S/C21H25NO4/c1-22(11-12-2-3-12)9-8-20-17-13-4-5-14(23)18(17)26-19(20)15(24)6-7-21(20,25)16(22)10-13/h4-5,12,16,19,25H,2-3,6-11H2,1H3/p+1/t16-,19+,20+,21-,22+/m1/s1/i1D3. The first kappa shape index (κ1) is 12.7. The van der Waals surface area contributed by atoms with E-state index in [-0.39, 0.29) is 28.9 Å². The Bertz CT molecular complexity index is 945. The summed E-state index contributed by atoms with van der Waals surface area (Å²) in [6.07, 6.45) is 2.49. The predicted molar refractivity (Wildman–Crippen MR) is 94.1 cm³/mol. The Labute approximate surface area is 157 Å². The second kappa shape index (κ2) is 4.45. The van der Waals surface area contributed by atoms with Gasteiger partial charge in [-0.2, -0.15) is 0 Å². The number of ether oxygens (including phenoxy) is 1. The van der Waals surface area contributed by atoms with E-state index in [1.807, 2.05) is 6.07 Å². The number of hydrogen-bond donors (Lipinski definition) is 2. The van der Waals surface area contributed by atoms with E-state index < -0.39 is 30.1 Å². The van der Waals surface area contributed by atoms with E-state index in [0.29, 0.717) is 37.6 Å². The fraction of sp³-hybridized carbons (Fsp3) is 0.667. The first-order chi connectivity index (χ1) is 13.6. The summed E-state index contributed by atoms with van der Waals surface area (Å²) in [6.45, 7) is -1.29. The average molecular weight is 359 g/mol. The highest BCUT2D eigenvalue weighted by atomic mass is 16.5. The maximum Gasteiger partial charge on any atom is 0.174 e. The van der Waals surface area contributed by atoms with Crippen molar-refractivity contribution in [2.75, 3.05) is 20.1 Å². The lowest BCUT2D eigenvalue weighted by molar-refractivity contribution is -0.950. The number of aromatic hydroxyl groups is 1. The summed E-state index contributed by atoms with van der Waals surface area (Å²) in [4.78, 5) is 12.9. The van der Waals surface area contributed by atoms with Crippen LogP contribution in [0.2, 0.25) is 0 Å². The molecule has 0 unspecified atom stereocenters. The Morgan fingerprint density at radius 2 is 2.23 bits per heavy atom. The molecule has 1 spiro atoms. The highest BCUT2D eigenvalue weighted by Crippen LogP contribution is 2.65. The molecule has 1 aromatic rings. The Balaban J connectivity index is 1.62. The molecule has 2 aliphatic heterocycles. The number of phenols is 1. The number of piperidine rings is 1. The number of quaternary nitrogens is 1. The van der Waals surface area contributed by atoms with Crippen LogP contribution in [0.5, 0.6) is 11.5 Å². The summed E-state index contributed by atoms with van der Waals surface area (Å²) < 4.78 is 31.4. The molecular formula is C21H26NO4+. The molecule has 5 nitrogen and oxygen atoms in total. The normalized spacial score (nSPS) is 47.4. The van der Waals surface area contributed by atoms with Gasteiger partial charge in [-0.1, -0.05) is 6.07 Å². The van der Waals surface area contributed by atoms with E-state index in [0.717, 1.165) is 24.0 Å². The van der Waals surface area contributed by atoms with Gasteiger partial charge in [0, 0.05) is 30.7 Å². The number of aliphatic hydroxyl groups is 1. The van der Waals surface area contributed by atoms with Crippen LogP contribution in [-0.4, -0.2) is 58.3 Å².